The van der Waals surface area contributed by atoms with Gasteiger partial charge in [-0.05, 0) is 19.3 Å². The van der Waals surface area contributed by atoms with E-state index in [1.165, 1.54) is 128 Å². The molecule has 0 saturated carbocycles. The number of ketones is 2. The quantitative estimate of drug-likeness (QED) is 0.0651. The fourth-order valence-corrected chi connectivity index (χ4v) is 5.97. The monoisotopic (exact) mass is 565 g/mol. The number of rotatable bonds is 32. The average Bonchev–Trinajstić information content (AvgIpc) is 2.94. The molecule has 0 radical (unpaired) electrons. The molecular weight excluding hydrogens is 496 g/mol. The smallest absolute Gasteiger partial charge is 0.324 e. The largest absolute Gasteiger partial charge is 0.480 e. The molecule has 236 valence electrons. The Kier molecular flexibility index (Phi) is 27.1. The first-order valence-electron chi connectivity index (χ1n) is 17.8. The van der Waals surface area contributed by atoms with Crippen molar-refractivity contribution in [3.63, 3.8) is 0 Å². The summed E-state index contributed by atoms with van der Waals surface area (Å²) in [6.07, 6.45) is 32.3. The van der Waals surface area contributed by atoms with Crippen LogP contribution in [-0.4, -0.2) is 22.6 Å². The van der Waals surface area contributed by atoms with Crippen LogP contribution in [0.5, 0.6) is 0 Å². The Morgan fingerprint density at radius 3 is 0.825 bits per heavy atom. The maximum Gasteiger partial charge on any atom is 0.324 e. The summed E-state index contributed by atoms with van der Waals surface area (Å²) in [7, 11) is 0. The number of aliphatic carboxylic acids is 1. The van der Waals surface area contributed by atoms with Gasteiger partial charge in [-0.2, -0.15) is 0 Å². The fraction of sp³-hybridized carbons (Fsp3) is 0.917. The molecule has 0 aliphatic heterocycles. The highest BCUT2D eigenvalue weighted by Gasteiger charge is 2.49. The first-order valence-corrected chi connectivity index (χ1v) is 17.8. The summed E-state index contributed by atoms with van der Waals surface area (Å²) in [6.45, 7) is 6.18. The van der Waals surface area contributed by atoms with E-state index in [1.54, 1.807) is 6.92 Å². The van der Waals surface area contributed by atoms with Crippen molar-refractivity contribution in [1.82, 2.24) is 0 Å². The third-order valence-corrected chi connectivity index (χ3v) is 8.86. The van der Waals surface area contributed by atoms with Crippen LogP contribution < -0.4 is 0 Å². The standard InChI is InChI=1S/C36H68O4/c1-4-7-9-11-13-15-17-19-21-23-25-27-29-31-33(37)36(6-3,35(39)40)34(38)32-30-28-26-24-22-20-18-16-14-12-10-8-5-2/h4-32H2,1-3H3,(H,39,40). The molecule has 0 rings (SSSR count). The number of carboxylic acids is 1. The second kappa shape index (κ2) is 28.0. The van der Waals surface area contributed by atoms with E-state index in [0.717, 1.165) is 25.7 Å². The van der Waals surface area contributed by atoms with Crippen LogP contribution >= 0.6 is 0 Å². The molecule has 0 bridgehead atoms. The van der Waals surface area contributed by atoms with Gasteiger partial charge in [0.2, 0.25) is 0 Å². The molecule has 0 aliphatic rings. The Labute approximate surface area is 249 Å². The van der Waals surface area contributed by atoms with Crippen molar-refractivity contribution in [2.75, 3.05) is 0 Å². The van der Waals surface area contributed by atoms with E-state index in [0.29, 0.717) is 12.8 Å². The van der Waals surface area contributed by atoms with Crippen LogP contribution in [-0.2, 0) is 14.4 Å². The summed E-state index contributed by atoms with van der Waals surface area (Å²) < 4.78 is 0. The van der Waals surface area contributed by atoms with Crippen LogP contribution in [0.25, 0.3) is 0 Å². The number of hydrogen-bond acceptors (Lipinski definition) is 3. The average molecular weight is 565 g/mol. The molecule has 0 saturated heterocycles. The SMILES string of the molecule is CCCCCCCCCCCCCCCC(=O)C(CC)(C(=O)O)C(=O)CCCCCCCCCCCCCCC. The van der Waals surface area contributed by atoms with E-state index in [4.69, 9.17) is 0 Å². The zero-order chi connectivity index (χ0) is 29.7. The number of hydrogen-bond donors (Lipinski definition) is 1. The molecule has 0 spiro atoms. The molecule has 0 amide bonds. The molecule has 40 heavy (non-hydrogen) atoms. The van der Waals surface area contributed by atoms with Gasteiger partial charge >= 0.3 is 5.97 Å². The molecule has 0 aromatic rings. The summed E-state index contributed by atoms with van der Waals surface area (Å²) in [6, 6.07) is 0. The molecule has 4 heteroatoms. The van der Waals surface area contributed by atoms with Gasteiger partial charge in [-0.25, -0.2) is 0 Å². The molecule has 1 N–H and O–H groups in total. The number of carbonyl (C=O) groups excluding carboxylic acids is 2. The van der Waals surface area contributed by atoms with Gasteiger partial charge in [0.1, 0.15) is 0 Å². The van der Waals surface area contributed by atoms with Crippen LogP contribution in [0.1, 0.15) is 207 Å². The Morgan fingerprint density at radius 1 is 0.400 bits per heavy atom. The highest BCUT2D eigenvalue weighted by atomic mass is 16.4. The lowest BCUT2D eigenvalue weighted by Crippen LogP contribution is -2.46. The second-order valence-corrected chi connectivity index (χ2v) is 12.4. The minimum absolute atomic E-state index is 0.0664. The maximum absolute atomic E-state index is 13.0. The van der Waals surface area contributed by atoms with Crippen molar-refractivity contribution < 1.29 is 19.5 Å². The van der Waals surface area contributed by atoms with Crippen LogP contribution in [0.2, 0.25) is 0 Å². The van der Waals surface area contributed by atoms with E-state index < -0.39 is 11.4 Å². The van der Waals surface area contributed by atoms with Gasteiger partial charge in [0.05, 0.1) is 0 Å². The van der Waals surface area contributed by atoms with E-state index >= 15 is 0 Å². The maximum atomic E-state index is 13.0. The van der Waals surface area contributed by atoms with Crippen LogP contribution in [0.3, 0.4) is 0 Å². The lowest BCUT2D eigenvalue weighted by molar-refractivity contribution is -0.160. The number of unbranched alkanes of at least 4 members (excludes halogenated alkanes) is 24. The molecule has 0 atom stereocenters. The van der Waals surface area contributed by atoms with Gasteiger partial charge < -0.3 is 5.11 Å². The number of Topliss-reactive ketones (excluding diaryl/α,β-unsaturated/α-hetero) is 2. The van der Waals surface area contributed by atoms with E-state index in [2.05, 4.69) is 13.8 Å². The predicted molar refractivity (Wildman–Crippen MR) is 171 cm³/mol. The number of carbonyl (C=O) groups is 3. The van der Waals surface area contributed by atoms with Crippen molar-refractivity contribution >= 4 is 17.5 Å². The highest BCUT2D eigenvalue weighted by Crippen LogP contribution is 2.30. The summed E-state index contributed by atoms with van der Waals surface area (Å²) in [5.74, 6) is -1.98. The van der Waals surface area contributed by atoms with Crippen LogP contribution in [0.4, 0.5) is 0 Å². The summed E-state index contributed by atoms with van der Waals surface area (Å²) in [5, 5.41) is 9.93. The fourth-order valence-electron chi connectivity index (χ4n) is 5.97. The van der Waals surface area contributed by atoms with Gasteiger partial charge in [0.25, 0.3) is 0 Å². The van der Waals surface area contributed by atoms with Gasteiger partial charge in [-0.15, -0.1) is 0 Å². The van der Waals surface area contributed by atoms with Crippen molar-refractivity contribution in [3.8, 4) is 0 Å². The normalized spacial score (nSPS) is 11.7. The van der Waals surface area contributed by atoms with Gasteiger partial charge in [-0.1, -0.05) is 175 Å². The minimum Gasteiger partial charge on any atom is -0.480 e. The third-order valence-electron chi connectivity index (χ3n) is 8.86. The molecule has 0 unspecified atom stereocenters. The van der Waals surface area contributed by atoms with Crippen molar-refractivity contribution in [3.05, 3.63) is 0 Å². The number of carboxylic acid groups (broad SMARTS) is 1. The Morgan fingerprint density at radius 2 is 0.625 bits per heavy atom. The van der Waals surface area contributed by atoms with Crippen LogP contribution in [0, 0.1) is 5.41 Å². The van der Waals surface area contributed by atoms with Crippen molar-refractivity contribution in [2.24, 2.45) is 5.41 Å². The molecule has 0 fully saturated rings. The lowest BCUT2D eigenvalue weighted by atomic mass is 9.73. The Bertz CT molecular complexity index is 570. The minimum atomic E-state index is -1.83. The van der Waals surface area contributed by atoms with Gasteiger partial charge in [-0.3, -0.25) is 14.4 Å². The summed E-state index contributed by atoms with van der Waals surface area (Å²) in [4.78, 5) is 38.2. The second-order valence-electron chi connectivity index (χ2n) is 12.4. The summed E-state index contributed by atoms with van der Waals surface area (Å²) in [5.41, 5.74) is -1.83. The molecule has 4 nitrogen and oxygen atoms in total. The molecule has 0 aromatic heterocycles. The topological polar surface area (TPSA) is 71.4 Å². The van der Waals surface area contributed by atoms with E-state index in [9.17, 15) is 19.5 Å². The molecular formula is C36H68O4. The first-order chi connectivity index (χ1) is 19.5. The van der Waals surface area contributed by atoms with Crippen molar-refractivity contribution in [2.45, 2.75) is 207 Å². The predicted octanol–water partition coefficient (Wildman–Crippen LogP) is 11.6. The first kappa shape index (κ1) is 38.8. The zero-order valence-corrected chi connectivity index (χ0v) is 27.2. The van der Waals surface area contributed by atoms with Gasteiger partial charge in [0.15, 0.2) is 17.0 Å². The molecule has 0 aromatic carbocycles. The van der Waals surface area contributed by atoms with Crippen LogP contribution in [0.15, 0.2) is 0 Å². The zero-order valence-electron chi connectivity index (χ0n) is 27.2. The highest BCUT2D eigenvalue weighted by molar-refractivity contribution is 6.21. The lowest BCUT2D eigenvalue weighted by Gasteiger charge is -2.25. The van der Waals surface area contributed by atoms with E-state index in [-0.39, 0.29) is 30.8 Å². The Hall–Kier alpha value is -1.19. The van der Waals surface area contributed by atoms with E-state index in [1.807, 2.05) is 0 Å². The van der Waals surface area contributed by atoms with Crippen molar-refractivity contribution in [1.29, 1.82) is 0 Å². The Balaban J connectivity index is 4.02. The van der Waals surface area contributed by atoms with Gasteiger partial charge in [0, 0.05) is 12.8 Å². The third kappa shape index (κ3) is 19.0. The molecule has 0 aliphatic carbocycles. The molecule has 0 heterocycles. The summed E-state index contributed by atoms with van der Waals surface area (Å²) >= 11 is 0.